The Labute approximate surface area is 149 Å². The number of carboxylic acid groups (broad SMARTS) is 1. The van der Waals surface area contributed by atoms with Crippen molar-refractivity contribution in [1.82, 2.24) is 20.3 Å². The predicted molar refractivity (Wildman–Crippen MR) is 92.7 cm³/mol. The summed E-state index contributed by atoms with van der Waals surface area (Å²) in [6.07, 6.45) is 3.41. The van der Waals surface area contributed by atoms with Crippen LogP contribution < -0.4 is 20.7 Å². The summed E-state index contributed by atoms with van der Waals surface area (Å²) in [5, 5.41) is 27.2. The van der Waals surface area contributed by atoms with Crippen LogP contribution >= 0.6 is 0 Å². The summed E-state index contributed by atoms with van der Waals surface area (Å²) in [5.41, 5.74) is 0.569. The number of aromatic carboxylic acids is 1. The van der Waals surface area contributed by atoms with Gasteiger partial charge in [0.25, 0.3) is 5.88 Å². The summed E-state index contributed by atoms with van der Waals surface area (Å²) in [6, 6.07) is 3.51. The molecule has 134 valence electrons. The first-order chi connectivity index (χ1) is 12.6. The molecule has 26 heavy (non-hydrogen) atoms. The molecule has 1 atom stereocenters. The zero-order chi connectivity index (χ0) is 18.5. The molecule has 10 nitrogen and oxygen atoms in total. The molecular weight excluding hydrogens is 338 g/mol. The van der Waals surface area contributed by atoms with Gasteiger partial charge in [-0.2, -0.15) is 10.2 Å². The van der Waals surface area contributed by atoms with E-state index in [0.717, 1.165) is 13.0 Å². The minimum absolute atomic E-state index is 0.0571. The second-order valence-corrected chi connectivity index (χ2v) is 5.55. The van der Waals surface area contributed by atoms with Crippen molar-refractivity contribution in [2.75, 3.05) is 30.8 Å². The van der Waals surface area contributed by atoms with E-state index in [2.05, 4.69) is 30.9 Å². The molecule has 2 aromatic rings. The van der Waals surface area contributed by atoms with Gasteiger partial charge in [0, 0.05) is 25.9 Å². The fourth-order valence-electron chi connectivity index (χ4n) is 2.51. The number of carboxylic acids is 1. The number of nitrogens with one attached hydrogen (secondary N) is 3. The number of hydrogen-bond donors (Lipinski definition) is 4. The molecule has 1 fully saturated rings. The number of aromatic nitrogens is 3. The summed E-state index contributed by atoms with van der Waals surface area (Å²) in [4.78, 5) is 23.6. The number of nitriles is 1. The van der Waals surface area contributed by atoms with Crippen molar-refractivity contribution in [3.63, 3.8) is 0 Å². The summed E-state index contributed by atoms with van der Waals surface area (Å²) in [5.74, 6) is -0.205. The molecule has 10 heteroatoms. The number of anilines is 3. The van der Waals surface area contributed by atoms with Crippen molar-refractivity contribution < 1.29 is 14.6 Å². The smallest absolute Gasteiger partial charge is 0.339 e. The molecule has 0 bridgehead atoms. The third-order valence-corrected chi connectivity index (χ3v) is 3.80. The fraction of sp³-hybridized carbons (Fsp3) is 0.312. The van der Waals surface area contributed by atoms with Gasteiger partial charge < -0.3 is 25.8 Å². The highest BCUT2D eigenvalue weighted by Gasteiger charge is 2.20. The minimum Gasteiger partial charge on any atom is -0.478 e. The number of rotatable bonds is 6. The van der Waals surface area contributed by atoms with Crippen LogP contribution in [0.25, 0.3) is 0 Å². The number of ether oxygens (including phenoxy) is 1. The molecule has 0 saturated carbocycles. The summed E-state index contributed by atoms with van der Waals surface area (Å²) in [7, 11) is 1.62. The van der Waals surface area contributed by atoms with E-state index in [0.29, 0.717) is 23.9 Å². The van der Waals surface area contributed by atoms with E-state index >= 15 is 0 Å². The maximum Gasteiger partial charge on any atom is 0.339 e. The predicted octanol–water partition coefficient (Wildman–Crippen LogP) is 0.967. The van der Waals surface area contributed by atoms with Gasteiger partial charge in [-0.05, 0) is 13.0 Å². The molecule has 0 amide bonds. The van der Waals surface area contributed by atoms with Gasteiger partial charge in [0.15, 0.2) is 5.82 Å². The normalized spacial score (nSPS) is 15.9. The van der Waals surface area contributed by atoms with E-state index in [1.165, 1.54) is 12.4 Å². The van der Waals surface area contributed by atoms with Crippen molar-refractivity contribution in [3.8, 4) is 11.9 Å². The third-order valence-electron chi connectivity index (χ3n) is 3.80. The van der Waals surface area contributed by atoms with Crippen LogP contribution in [0.3, 0.4) is 0 Å². The van der Waals surface area contributed by atoms with E-state index in [1.54, 1.807) is 13.1 Å². The van der Waals surface area contributed by atoms with Crippen molar-refractivity contribution in [1.29, 1.82) is 5.26 Å². The largest absolute Gasteiger partial charge is 0.478 e. The summed E-state index contributed by atoms with van der Waals surface area (Å²) in [6.45, 7) is 1.54. The average molecular weight is 355 g/mol. The van der Waals surface area contributed by atoms with Gasteiger partial charge in [-0.25, -0.2) is 14.8 Å². The molecule has 3 heterocycles. The van der Waals surface area contributed by atoms with Gasteiger partial charge in [0.05, 0.1) is 11.9 Å². The van der Waals surface area contributed by atoms with Crippen LogP contribution in [0.15, 0.2) is 18.5 Å². The highest BCUT2D eigenvalue weighted by atomic mass is 16.5. The van der Waals surface area contributed by atoms with E-state index in [1.807, 2.05) is 6.07 Å². The lowest BCUT2D eigenvalue weighted by Gasteiger charge is -2.14. The van der Waals surface area contributed by atoms with E-state index < -0.39 is 5.97 Å². The molecule has 0 spiro atoms. The zero-order valence-corrected chi connectivity index (χ0v) is 14.0. The lowest BCUT2D eigenvalue weighted by molar-refractivity contribution is 0.0697. The molecule has 1 saturated heterocycles. The number of pyridine rings is 1. The van der Waals surface area contributed by atoms with Gasteiger partial charge in [0.1, 0.15) is 23.6 Å². The fourth-order valence-corrected chi connectivity index (χ4v) is 2.51. The number of hydrogen-bond acceptors (Lipinski definition) is 9. The van der Waals surface area contributed by atoms with Crippen LogP contribution in [0.4, 0.5) is 17.3 Å². The Hall–Kier alpha value is -3.45. The third kappa shape index (κ3) is 3.79. The maximum atomic E-state index is 11.2. The Morgan fingerprint density at radius 3 is 2.92 bits per heavy atom. The topological polar surface area (TPSA) is 145 Å². The van der Waals surface area contributed by atoms with Crippen molar-refractivity contribution in [3.05, 3.63) is 29.7 Å². The van der Waals surface area contributed by atoms with Crippen molar-refractivity contribution >= 4 is 23.3 Å². The average Bonchev–Trinajstić information content (AvgIpc) is 3.14. The van der Waals surface area contributed by atoms with Gasteiger partial charge in [-0.1, -0.05) is 0 Å². The number of carbonyl (C=O) groups is 1. The maximum absolute atomic E-state index is 11.2. The quantitative estimate of drug-likeness (QED) is 0.591. The first-order valence-electron chi connectivity index (χ1n) is 7.93. The van der Waals surface area contributed by atoms with Crippen LogP contribution in [0.2, 0.25) is 0 Å². The van der Waals surface area contributed by atoms with Gasteiger partial charge in [0.2, 0.25) is 5.69 Å². The molecule has 1 aliphatic rings. The van der Waals surface area contributed by atoms with E-state index in [9.17, 15) is 10.1 Å². The van der Waals surface area contributed by atoms with E-state index in [4.69, 9.17) is 9.84 Å². The second kappa shape index (κ2) is 7.62. The molecule has 2 aromatic heterocycles. The highest BCUT2D eigenvalue weighted by Crippen LogP contribution is 2.23. The monoisotopic (exact) mass is 355 g/mol. The minimum atomic E-state index is -1.08. The Morgan fingerprint density at radius 2 is 2.27 bits per heavy atom. The standard InChI is InChI=1S/C16H17N7O3/c1-18-11-4-13(21-7-10(11)16(24)25)22-14-8-20-12(5-17)15(23-14)26-9-2-3-19-6-9/h4,7-9,19H,2-3,6H2,1H3,(H,24,25)(H2,18,21,22,23). The van der Waals surface area contributed by atoms with E-state index in [-0.39, 0.29) is 23.2 Å². The first kappa shape index (κ1) is 17.4. The molecule has 0 aliphatic carbocycles. The first-order valence-corrected chi connectivity index (χ1v) is 7.93. The van der Waals surface area contributed by atoms with Crippen molar-refractivity contribution in [2.24, 2.45) is 0 Å². The lowest BCUT2D eigenvalue weighted by atomic mass is 10.2. The summed E-state index contributed by atoms with van der Waals surface area (Å²) < 4.78 is 5.76. The Morgan fingerprint density at radius 1 is 1.42 bits per heavy atom. The summed E-state index contributed by atoms with van der Waals surface area (Å²) >= 11 is 0. The highest BCUT2D eigenvalue weighted by molar-refractivity contribution is 5.94. The number of nitrogens with zero attached hydrogens (tertiary/aromatic N) is 4. The molecule has 4 N–H and O–H groups in total. The van der Waals surface area contributed by atoms with Crippen LogP contribution in [0.5, 0.6) is 5.88 Å². The lowest BCUT2D eigenvalue weighted by Crippen LogP contribution is -2.21. The second-order valence-electron chi connectivity index (χ2n) is 5.55. The van der Waals surface area contributed by atoms with Gasteiger partial charge >= 0.3 is 5.97 Å². The van der Waals surface area contributed by atoms with Crippen LogP contribution in [0, 0.1) is 11.3 Å². The Bertz CT molecular complexity index is 859. The molecule has 1 aliphatic heterocycles. The SMILES string of the molecule is CNc1cc(Nc2cnc(C#N)c(OC3CCNC3)n2)ncc1C(=O)O. The van der Waals surface area contributed by atoms with Crippen LogP contribution in [-0.4, -0.2) is 52.3 Å². The Kier molecular flexibility index (Phi) is 5.09. The molecular formula is C16H17N7O3. The zero-order valence-electron chi connectivity index (χ0n) is 14.0. The molecule has 1 unspecified atom stereocenters. The van der Waals surface area contributed by atoms with Gasteiger partial charge in [-0.3, -0.25) is 0 Å². The van der Waals surface area contributed by atoms with Crippen LogP contribution in [0.1, 0.15) is 22.5 Å². The molecule has 0 radical (unpaired) electrons. The Balaban J connectivity index is 1.83. The van der Waals surface area contributed by atoms with Crippen LogP contribution in [-0.2, 0) is 0 Å². The molecule has 0 aromatic carbocycles. The molecule has 3 rings (SSSR count). The van der Waals surface area contributed by atoms with Gasteiger partial charge in [-0.15, -0.1) is 0 Å². The van der Waals surface area contributed by atoms with Crippen molar-refractivity contribution in [2.45, 2.75) is 12.5 Å².